The van der Waals surface area contributed by atoms with E-state index in [0.717, 1.165) is 11.1 Å². The summed E-state index contributed by atoms with van der Waals surface area (Å²) in [5, 5.41) is 2.88. The predicted octanol–water partition coefficient (Wildman–Crippen LogP) is 1.76. The summed E-state index contributed by atoms with van der Waals surface area (Å²) in [6.07, 6.45) is 0. The van der Waals surface area contributed by atoms with E-state index in [2.05, 4.69) is 5.32 Å². The summed E-state index contributed by atoms with van der Waals surface area (Å²) in [4.78, 5) is 26.9. The van der Waals surface area contributed by atoms with E-state index in [-0.39, 0.29) is 31.6 Å². The molecular formula is C22H26N2O6. The van der Waals surface area contributed by atoms with E-state index >= 15 is 0 Å². The van der Waals surface area contributed by atoms with Gasteiger partial charge in [-0.15, -0.1) is 0 Å². The standard InChI is InChI=1S/C22H26N2O6/c1-27-17-6-4-5-15(9-17)11-23-22(26)18-13-30-14-21(25)24(18)12-16-7-8-19(28-2)20(10-16)29-3/h4-10,18H,11-14H2,1-3H3,(H,23,26)/t18-/m0/s1. The van der Waals surface area contributed by atoms with Gasteiger partial charge in [0.2, 0.25) is 11.8 Å². The number of carbonyl (C=O) groups excluding carboxylic acids is 2. The van der Waals surface area contributed by atoms with Crippen LogP contribution in [0.15, 0.2) is 42.5 Å². The minimum absolute atomic E-state index is 0.0487. The molecule has 1 heterocycles. The van der Waals surface area contributed by atoms with Crippen molar-refractivity contribution in [3.8, 4) is 17.2 Å². The van der Waals surface area contributed by atoms with E-state index in [9.17, 15) is 9.59 Å². The first kappa shape index (κ1) is 21.4. The normalized spacial score (nSPS) is 16.2. The number of rotatable bonds is 8. The molecule has 2 amide bonds. The fourth-order valence-corrected chi connectivity index (χ4v) is 3.29. The Labute approximate surface area is 175 Å². The zero-order valence-electron chi connectivity index (χ0n) is 17.3. The van der Waals surface area contributed by atoms with Crippen molar-refractivity contribution in [1.29, 1.82) is 0 Å². The van der Waals surface area contributed by atoms with Crippen molar-refractivity contribution in [3.63, 3.8) is 0 Å². The van der Waals surface area contributed by atoms with Crippen molar-refractivity contribution < 1.29 is 28.5 Å². The zero-order chi connectivity index (χ0) is 21.5. The van der Waals surface area contributed by atoms with Gasteiger partial charge in [0, 0.05) is 13.1 Å². The van der Waals surface area contributed by atoms with Gasteiger partial charge in [0.05, 0.1) is 27.9 Å². The molecule has 3 rings (SSSR count). The lowest BCUT2D eigenvalue weighted by Gasteiger charge is -2.34. The average molecular weight is 414 g/mol. The highest BCUT2D eigenvalue weighted by Gasteiger charge is 2.34. The lowest BCUT2D eigenvalue weighted by Crippen LogP contribution is -2.55. The van der Waals surface area contributed by atoms with Crippen LogP contribution in [0.5, 0.6) is 17.2 Å². The molecule has 0 radical (unpaired) electrons. The summed E-state index contributed by atoms with van der Waals surface area (Å²) >= 11 is 0. The van der Waals surface area contributed by atoms with Crippen molar-refractivity contribution >= 4 is 11.8 Å². The molecule has 30 heavy (non-hydrogen) atoms. The highest BCUT2D eigenvalue weighted by Crippen LogP contribution is 2.28. The van der Waals surface area contributed by atoms with E-state index < -0.39 is 6.04 Å². The van der Waals surface area contributed by atoms with Crippen molar-refractivity contribution in [2.45, 2.75) is 19.1 Å². The van der Waals surface area contributed by atoms with Crippen LogP contribution in [0.25, 0.3) is 0 Å². The van der Waals surface area contributed by atoms with Crippen LogP contribution in [0.1, 0.15) is 11.1 Å². The molecule has 1 atom stereocenters. The van der Waals surface area contributed by atoms with Gasteiger partial charge < -0.3 is 29.2 Å². The first-order valence-electron chi connectivity index (χ1n) is 9.54. The minimum atomic E-state index is -0.718. The number of nitrogens with zero attached hydrogens (tertiary/aromatic N) is 1. The second kappa shape index (κ2) is 9.98. The van der Waals surface area contributed by atoms with E-state index in [4.69, 9.17) is 18.9 Å². The molecule has 1 saturated heterocycles. The Balaban J connectivity index is 1.70. The van der Waals surface area contributed by atoms with Gasteiger partial charge in [-0.2, -0.15) is 0 Å². The minimum Gasteiger partial charge on any atom is -0.497 e. The van der Waals surface area contributed by atoms with Gasteiger partial charge in [0.1, 0.15) is 18.4 Å². The molecule has 0 bridgehead atoms. The van der Waals surface area contributed by atoms with Gasteiger partial charge in [-0.3, -0.25) is 9.59 Å². The monoisotopic (exact) mass is 414 g/mol. The molecule has 0 aliphatic carbocycles. The Bertz CT molecular complexity index is 901. The summed E-state index contributed by atoms with van der Waals surface area (Å²) in [7, 11) is 4.71. The maximum atomic E-state index is 12.8. The quantitative estimate of drug-likeness (QED) is 0.708. The molecule has 0 unspecified atom stereocenters. The van der Waals surface area contributed by atoms with E-state index in [1.54, 1.807) is 33.5 Å². The first-order valence-corrected chi connectivity index (χ1v) is 9.54. The number of methoxy groups -OCH3 is 3. The Morgan fingerprint density at radius 2 is 1.87 bits per heavy atom. The zero-order valence-corrected chi connectivity index (χ0v) is 17.3. The summed E-state index contributed by atoms with van der Waals surface area (Å²) in [6, 6.07) is 12.1. The van der Waals surface area contributed by atoms with Crippen molar-refractivity contribution in [3.05, 3.63) is 53.6 Å². The second-order valence-corrected chi connectivity index (χ2v) is 6.81. The molecule has 8 nitrogen and oxygen atoms in total. The third-order valence-electron chi connectivity index (χ3n) is 4.90. The molecule has 8 heteroatoms. The van der Waals surface area contributed by atoms with Gasteiger partial charge >= 0.3 is 0 Å². The van der Waals surface area contributed by atoms with Crippen LogP contribution in [0.3, 0.4) is 0 Å². The van der Waals surface area contributed by atoms with Crippen LogP contribution in [0.2, 0.25) is 0 Å². The van der Waals surface area contributed by atoms with Gasteiger partial charge in [0.25, 0.3) is 0 Å². The van der Waals surface area contributed by atoms with Crippen LogP contribution < -0.4 is 19.5 Å². The molecule has 1 N–H and O–H groups in total. The Hall–Kier alpha value is -3.26. The summed E-state index contributed by atoms with van der Waals surface area (Å²) in [5.41, 5.74) is 1.73. The fourth-order valence-electron chi connectivity index (χ4n) is 3.29. The molecule has 1 aliphatic heterocycles. The lowest BCUT2D eigenvalue weighted by molar-refractivity contribution is -0.155. The molecule has 0 saturated carbocycles. The second-order valence-electron chi connectivity index (χ2n) is 6.81. The molecule has 1 fully saturated rings. The predicted molar refractivity (Wildman–Crippen MR) is 110 cm³/mol. The van der Waals surface area contributed by atoms with Gasteiger partial charge in [-0.25, -0.2) is 0 Å². The fraction of sp³-hybridized carbons (Fsp3) is 0.364. The average Bonchev–Trinajstić information content (AvgIpc) is 2.78. The SMILES string of the molecule is COc1cccc(CNC(=O)[C@@H]2COCC(=O)N2Cc2ccc(OC)c(OC)c2)c1. The van der Waals surface area contributed by atoms with Gasteiger partial charge in [-0.1, -0.05) is 18.2 Å². The van der Waals surface area contributed by atoms with Crippen molar-refractivity contribution in [2.24, 2.45) is 0 Å². The largest absolute Gasteiger partial charge is 0.497 e. The number of amides is 2. The van der Waals surface area contributed by atoms with Crippen molar-refractivity contribution in [2.75, 3.05) is 34.5 Å². The molecular weight excluding hydrogens is 388 g/mol. The van der Waals surface area contributed by atoms with Crippen LogP contribution in [0, 0.1) is 0 Å². The number of benzene rings is 2. The Morgan fingerprint density at radius 1 is 1.07 bits per heavy atom. The number of hydrogen-bond acceptors (Lipinski definition) is 6. The number of nitrogens with one attached hydrogen (secondary N) is 1. The third-order valence-corrected chi connectivity index (χ3v) is 4.90. The number of hydrogen-bond donors (Lipinski definition) is 1. The van der Waals surface area contributed by atoms with Gasteiger partial charge in [-0.05, 0) is 35.4 Å². The first-order chi connectivity index (χ1) is 14.5. The van der Waals surface area contributed by atoms with Crippen molar-refractivity contribution in [1.82, 2.24) is 10.2 Å². The highest BCUT2D eigenvalue weighted by molar-refractivity contribution is 5.89. The summed E-state index contributed by atoms with van der Waals surface area (Å²) in [5.74, 6) is 1.37. The van der Waals surface area contributed by atoms with E-state index in [1.807, 2.05) is 30.3 Å². The van der Waals surface area contributed by atoms with E-state index in [0.29, 0.717) is 23.8 Å². The maximum absolute atomic E-state index is 12.8. The lowest BCUT2D eigenvalue weighted by atomic mass is 10.1. The molecule has 0 aromatic heterocycles. The maximum Gasteiger partial charge on any atom is 0.249 e. The number of ether oxygens (including phenoxy) is 4. The molecule has 2 aromatic carbocycles. The Kier molecular flexibility index (Phi) is 7.13. The van der Waals surface area contributed by atoms with Gasteiger partial charge in [0.15, 0.2) is 11.5 Å². The van der Waals surface area contributed by atoms with Crippen LogP contribution in [-0.4, -0.2) is 57.3 Å². The molecule has 160 valence electrons. The number of carbonyl (C=O) groups is 2. The van der Waals surface area contributed by atoms with Crippen LogP contribution in [0.4, 0.5) is 0 Å². The Morgan fingerprint density at radius 3 is 2.60 bits per heavy atom. The van der Waals surface area contributed by atoms with Crippen LogP contribution >= 0.6 is 0 Å². The van der Waals surface area contributed by atoms with E-state index in [1.165, 1.54) is 4.90 Å². The smallest absolute Gasteiger partial charge is 0.249 e. The molecule has 0 spiro atoms. The number of morpholine rings is 1. The third kappa shape index (κ3) is 5.01. The molecule has 2 aromatic rings. The van der Waals surface area contributed by atoms with Crippen LogP contribution in [-0.2, 0) is 27.4 Å². The molecule has 1 aliphatic rings. The topological polar surface area (TPSA) is 86.3 Å². The summed E-state index contributed by atoms with van der Waals surface area (Å²) in [6.45, 7) is 0.681. The summed E-state index contributed by atoms with van der Waals surface area (Å²) < 4.78 is 21.1. The highest BCUT2D eigenvalue weighted by atomic mass is 16.5.